The van der Waals surface area contributed by atoms with Crippen molar-refractivity contribution < 1.29 is 14.6 Å². The first-order valence-electron chi connectivity index (χ1n) is 9.10. The Kier molecular flexibility index (Phi) is 3.17. The number of ether oxygens (including phenoxy) is 1. The first-order chi connectivity index (χ1) is 10.8. The van der Waals surface area contributed by atoms with Gasteiger partial charge in [-0.25, -0.2) is 0 Å². The minimum absolute atomic E-state index is 0.0115. The first kappa shape index (κ1) is 15.4. The van der Waals surface area contributed by atoms with Crippen LogP contribution in [0.2, 0.25) is 0 Å². The molecule has 0 radical (unpaired) electrons. The van der Waals surface area contributed by atoms with Crippen molar-refractivity contribution in [3.63, 3.8) is 0 Å². The number of aliphatic hydroxyl groups is 1. The normalized spacial score (nSPS) is 48.3. The average Bonchev–Trinajstić information content (AvgIpc) is 2.72. The van der Waals surface area contributed by atoms with Gasteiger partial charge in [0.25, 0.3) is 0 Å². The zero-order valence-electron chi connectivity index (χ0n) is 14.6. The van der Waals surface area contributed by atoms with Crippen molar-refractivity contribution in [2.45, 2.75) is 65.6 Å². The number of carbonyl (C=O) groups is 1. The van der Waals surface area contributed by atoms with Crippen LogP contribution in [0.3, 0.4) is 0 Å². The number of aliphatic hydroxyl groups excluding tert-OH is 1. The van der Waals surface area contributed by atoms with Crippen molar-refractivity contribution in [1.82, 2.24) is 0 Å². The lowest BCUT2D eigenvalue weighted by molar-refractivity contribution is -0.148. The molecule has 4 aliphatic rings. The van der Waals surface area contributed by atoms with Gasteiger partial charge in [-0.15, -0.1) is 0 Å². The van der Waals surface area contributed by atoms with Crippen LogP contribution < -0.4 is 0 Å². The molecule has 2 fully saturated rings. The Bertz CT molecular complexity index is 616. The summed E-state index contributed by atoms with van der Waals surface area (Å²) in [7, 11) is 0. The summed E-state index contributed by atoms with van der Waals surface area (Å²) < 4.78 is 5.81. The summed E-state index contributed by atoms with van der Waals surface area (Å²) in [4.78, 5) is 12.5. The second-order valence-corrected chi connectivity index (χ2v) is 8.89. The number of hydrogen-bond donors (Lipinski definition) is 1. The molecule has 23 heavy (non-hydrogen) atoms. The Morgan fingerprint density at radius 2 is 2.04 bits per heavy atom. The summed E-state index contributed by atoms with van der Waals surface area (Å²) in [6.07, 6.45) is 7.89. The van der Waals surface area contributed by atoms with E-state index in [2.05, 4.69) is 39.8 Å². The fourth-order valence-corrected chi connectivity index (χ4v) is 6.13. The number of carbonyl (C=O) groups excluding carboxylic acids is 1. The molecule has 3 heteroatoms. The maximum Gasteiger partial charge on any atom is 0.312 e. The highest BCUT2D eigenvalue weighted by Gasteiger charge is 2.65. The van der Waals surface area contributed by atoms with Crippen LogP contribution in [0.15, 0.2) is 23.3 Å². The monoisotopic (exact) mass is 316 g/mol. The van der Waals surface area contributed by atoms with Crippen molar-refractivity contribution >= 4 is 5.97 Å². The van der Waals surface area contributed by atoms with Gasteiger partial charge >= 0.3 is 5.97 Å². The molecule has 3 aliphatic carbocycles. The lowest BCUT2D eigenvalue weighted by Gasteiger charge is -2.55. The Morgan fingerprint density at radius 1 is 1.30 bits per heavy atom. The van der Waals surface area contributed by atoms with Crippen LogP contribution >= 0.6 is 0 Å². The van der Waals surface area contributed by atoms with Gasteiger partial charge < -0.3 is 9.84 Å². The van der Waals surface area contributed by atoms with E-state index in [-0.39, 0.29) is 34.9 Å². The fraction of sp³-hybridized carbons (Fsp3) is 0.750. The quantitative estimate of drug-likeness (QED) is 0.752. The first-order valence-corrected chi connectivity index (χ1v) is 9.10. The summed E-state index contributed by atoms with van der Waals surface area (Å²) >= 11 is 0. The van der Waals surface area contributed by atoms with E-state index in [0.29, 0.717) is 11.8 Å². The molecular weight excluding hydrogens is 288 g/mol. The minimum atomic E-state index is -0.350. The van der Waals surface area contributed by atoms with Crippen LogP contribution in [0, 0.1) is 28.6 Å². The maximum absolute atomic E-state index is 12.5. The molecule has 6 atom stereocenters. The van der Waals surface area contributed by atoms with E-state index in [4.69, 9.17) is 4.74 Å². The van der Waals surface area contributed by atoms with Crippen molar-refractivity contribution in [2.75, 3.05) is 0 Å². The second kappa shape index (κ2) is 4.72. The molecule has 1 N–H and O–H groups in total. The molecule has 0 aromatic carbocycles. The topological polar surface area (TPSA) is 46.5 Å². The van der Waals surface area contributed by atoms with Gasteiger partial charge in [0.2, 0.25) is 0 Å². The van der Waals surface area contributed by atoms with E-state index in [1.807, 2.05) is 0 Å². The molecule has 4 rings (SSSR count). The van der Waals surface area contributed by atoms with E-state index < -0.39 is 0 Å². The minimum Gasteiger partial charge on any atom is -0.457 e. The number of allylic oxidation sites excluding steroid dienone is 2. The maximum atomic E-state index is 12.5. The fourth-order valence-electron chi connectivity index (χ4n) is 6.13. The highest BCUT2D eigenvalue weighted by Crippen LogP contribution is 2.65. The van der Waals surface area contributed by atoms with Crippen LogP contribution in [-0.4, -0.2) is 23.3 Å². The number of fused-ring (bicyclic) bond motifs is 2. The molecule has 3 nitrogen and oxygen atoms in total. The van der Waals surface area contributed by atoms with E-state index in [9.17, 15) is 9.90 Å². The number of hydrogen-bond acceptors (Lipinski definition) is 3. The third kappa shape index (κ3) is 1.89. The summed E-state index contributed by atoms with van der Waals surface area (Å²) in [5.41, 5.74) is 2.12. The lowest BCUT2D eigenvalue weighted by atomic mass is 9.47. The lowest BCUT2D eigenvalue weighted by Crippen LogP contribution is -2.53. The SMILES string of the molecule is CC(C)C1=CC2=CC3OC(=O)C4(C)CCCC(C)(C2CC1O)C34. The molecule has 1 saturated heterocycles. The smallest absolute Gasteiger partial charge is 0.312 e. The standard InChI is InChI=1S/C20H28O3/c1-11(2)13-8-12-9-16-17-19(3,14(12)10-15(13)21)6-5-7-20(17,4)18(22)23-16/h8-9,11,14-17,21H,5-7,10H2,1-4H3. The second-order valence-electron chi connectivity index (χ2n) is 8.89. The van der Waals surface area contributed by atoms with Crippen molar-refractivity contribution in [3.8, 4) is 0 Å². The van der Waals surface area contributed by atoms with Crippen LogP contribution in [0.25, 0.3) is 0 Å². The average molecular weight is 316 g/mol. The third-order valence-electron chi connectivity index (χ3n) is 7.25. The van der Waals surface area contributed by atoms with E-state index in [1.165, 1.54) is 5.57 Å². The molecule has 126 valence electrons. The molecule has 0 amide bonds. The number of rotatable bonds is 1. The molecular formula is C20H28O3. The summed E-state index contributed by atoms with van der Waals surface area (Å²) in [5, 5.41) is 10.7. The van der Waals surface area contributed by atoms with Gasteiger partial charge in [-0.05, 0) is 60.7 Å². The van der Waals surface area contributed by atoms with Crippen LogP contribution in [0.1, 0.15) is 53.4 Å². The highest BCUT2D eigenvalue weighted by molar-refractivity contribution is 5.80. The predicted octanol–water partition coefficient (Wildman–Crippen LogP) is 3.63. The van der Waals surface area contributed by atoms with Gasteiger partial charge in [0.15, 0.2) is 0 Å². The van der Waals surface area contributed by atoms with E-state index in [1.54, 1.807) is 0 Å². The Hall–Kier alpha value is -1.09. The van der Waals surface area contributed by atoms with Gasteiger partial charge in [0, 0.05) is 5.92 Å². The molecule has 0 bridgehead atoms. The van der Waals surface area contributed by atoms with E-state index >= 15 is 0 Å². The zero-order valence-corrected chi connectivity index (χ0v) is 14.6. The van der Waals surface area contributed by atoms with Gasteiger partial charge in [-0.1, -0.05) is 33.3 Å². The molecule has 6 unspecified atom stereocenters. The molecule has 0 aromatic heterocycles. The number of esters is 1. The van der Waals surface area contributed by atoms with Crippen LogP contribution in [0.4, 0.5) is 0 Å². The molecule has 1 saturated carbocycles. The third-order valence-corrected chi connectivity index (χ3v) is 7.25. The van der Waals surface area contributed by atoms with Crippen LogP contribution in [0.5, 0.6) is 0 Å². The molecule has 1 heterocycles. The Morgan fingerprint density at radius 3 is 2.74 bits per heavy atom. The molecule has 0 spiro atoms. The summed E-state index contributed by atoms with van der Waals surface area (Å²) in [6.45, 7) is 8.71. The van der Waals surface area contributed by atoms with Gasteiger partial charge in [-0.3, -0.25) is 4.79 Å². The summed E-state index contributed by atoms with van der Waals surface area (Å²) in [5.74, 6) is 0.934. The van der Waals surface area contributed by atoms with Gasteiger partial charge in [0.05, 0.1) is 11.5 Å². The van der Waals surface area contributed by atoms with Crippen molar-refractivity contribution in [3.05, 3.63) is 23.3 Å². The predicted molar refractivity (Wildman–Crippen MR) is 88.6 cm³/mol. The van der Waals surface area contributed by atoms with Crippen molar-refractivity contribution in [1.29, 1.82) is 0 Å². The zero-order chi connectivity index (χ0) is 16.6. The largest absolute Gasteiger partial charge is 0.457 e. The Labute approximate surface area is 138 Å². The van der Waals surface area contributed by atoms with Crippen LogP contribution in [-0.2, 0) is 9.53 Å². The highest BCUT2D eigenvalue weighted by atomic mass is 16.6. The molecule has 0 aromatic rings. The van der Waals surface area contributed by atoms with Gasteiger partial charge in [-0.2, -0.15) is 0 Å². The summed E-state index contributed by atoms with van der Waals surface area (Å²) in [6, 6.07) is 0. The van der Waals surface area contributed by atoms with Gasteiger partial charge in [0.1, 0.15) is 6.10 Å². The van der Waals surface area contributed by atoms with E-state index in [0.717, 1.165) is 31.3 Å². The van der Waals surface area contributed by atoms with Crippen molar-refractivity contribution in [2.24, 2.45) is 28.6 Å². The Balaban J connectivity index is 1.84. The molecule has 1 aliphatic heterocycles.